The number of likely N-dealkylation sites (N-methyl/N-ethyl adjacent to an activating group) is 1. The number of hydrogen-bond donors (Lipinski definition) is 0. The lowest BCUT2D eigenvalue weighted by Gasteiger charge is -2.28. The zero-order valence-corrected chi connectivity index (χ0v) is 57.8. The Morgan fingerprint density at radius 2 is 0.614 bits per heavy atom. The summed E-state index contributed by atoms with van der Waals surface area (Å²) in [5.41, 5.74) is 0. The molecule has 2 atom stereocenters. The standard InChI is InChI=1S/C78H130NO8P/c1-6-8-10-12-14-16-18-20-22-24-26-28-30-32-34-36-37-38-39-40-41-43-45-47-49-51-53-55-57-59-61-63-65-67-69-71-78(81)87-76(75-86-88(82,83)85-73-72-79(3,4)5)74-84-77(80)70-68-66-64-62-60-58-56-54-52-50-48-46-44-42-35-33-31-29-27-25-23-21-19-17-15-13-11-9-7-2/h8-11,14-17,20-23,26-29,32-35,37-38,40-41,45,47,76H,6-7,12-13,18-19,24-25,30-31,36,39,42-44,46,48-75H2,1-5H3/b10-8-,11-9-,16-14-,17-15-,22-20-,23-21-,28-26-,29-27-,34-32-,35-33-,38-37-,41-40-,47-45-. The molecule has 0 N–H and O–H groups in total. The molecule has 0 bridgehead atoms. The molecule has 500 valence electrons. The van der Waals surface area contributed by atoms with Crippen LogP contribution >= 0.6 is 7.82 Å². The van der Waals surface area contributed by atoms with Crippen molar-refractivity contribution in [1.29, 1.82) is 0 Å². The first-order chi connectivity index (χ1) is 43.0. The number of nitrogens with zero attached hydrogens (tertiary/aromatic N) is 1. The minimum absolute atomic E-state index is 0.0391. The van der Waals surface area contributed by atoms with Crippen LogP contribution in [0.15, 0.2) is 158 Å². The van der Waals surface area contributed by atoms with Crippen molar-refractivity contribution in [2.45, 2.75) is 277 Å². The fraction of sp³-hybridized carbons (Fsp3) is 0.641. The second kappa shape index (κ2) is 67.0. The van der Waals surface area contributed by atoms with Gasteiger partial charge in [0.15, 0.2) is 6.10 Å². The van der Waals surface area contributed by atoms with Gasteiger partial charge in [-0.1, -0.05) is 294 Å². The SMILES string of the molecule is CC/C=C\C/C=C\C/C=C\C/C=C\C/C=C\C/C=C\C/C=C\C/C=C\CCCCCCCCCCCCC(=O)OC(COC(=O)CCCCCCCCCCCCCCC/C=C\C/C=C\C/C=C\C/C=C\C/C=C\CC)COP(=O)([O-])OCC[N+](C)(C)C. The highest BCUT2D eigenvalue weighted by molar-refractivity contribution is 7.45. The first-order valence-electron chi connectivity index (χ1n) is 35.2. The smallest absolute Gasteiger partial charge is 0.306 e. The Morgan fingerprint density at radius 1 is 0.352 bits per heavy atom. The van der Waals surface area contributed by atoms with Crippen molar-refractivity contribution in [2.75, 3.05) is 47.5 Å². The predicted octanol–water partition coefficient (Wildman–Crippen LogP) is 22.5. The van der Waals surface area contributed by atoms with Gasteiger partial charge in [0.2, 0.25) is 0 Å². The van der Waals surface area contributed by atoms with E-state index in [0.717, 1.165) is 128 Å². The summed E-state index contributed by atoms with van der Waals surface area (Å²) < 4.78 is 34.3. The van der Waals surface area contributed by atoms with Crippen LogP contribution < -0.4 is 4.89 Å². The quantitative estimate of drug-likeness (QED) is 0.0195. The number of phosphoric ester groups is 1. The van der Waals surface area contributed by atoms with Gasteiger partial charge in [-0.2, -0.15) is 0 Å². The molecule has 0 saturated carbocycles. The molecule has 0 radical (unpaired) electrons. The third-order valence-electron chi connectivity index (χ3n) is 14.5. The molecule has 9 nitrogen and oxygen atoms in total. The van der Waals surface area contributed by atoms with Crippen LogP contribution in [0, 0.1) is 0 Å². The molecule has 0 aliphatic rings. The van der Waals surface area contributed by atoms with Crippen LogP contribution in [0.4, 0.5) is 0 Å². The molecule has 0 aliphatic heterocycles. The number of carbonyl (C=O) groups excluding carboxylic acids is 2. The van der Waals surface area contributed by atoms with Gasteiger partial charge in [0.05, 0.1) is 27.7 Å². The van der Waals surface area contributed by atoms with Crippen molar-refractivity contribution in [3.8, 4) is 0 Å². The van der Waals surface area contributed by atoms with Crippen LogP contribution in [0.5, 0.6) is 0 Å². The fourth-order valence-electron chi connectivity index (χ4n) is 9.23. The number of phosphoric acid groups is 1. The average molecular weight is 1240 g/mol. The van der Waals surface area contributed by atoms with Crippen molar-refractivity contribution >= 4 is 19.8 Å². The van der Waals surface area contributed by atoms with Crippen molar-refractivity contribution in [3.05, 3.63) is 158 Å². The number of unbranched alkanes of at least 4 members (excludes halogenated alkanes) is 23. The molecular weight excluding hydrogens is 1110 g/mol. The van der Waals surface area contributed by atoms with Gasteiger partial charge in [0, 0.05) is 12.8 Å². The third-order valence-corrected chi connectivity index (χ3v) is 15.5. The summed E-state index contributed by atoms with van der Waals surface area (Å²) in [6.45, 7) is 4.01. The summed E-state index contributed by atoms with van der Waals surface area (Å²) in [4.78, 5) is 38.1. The van der Waals surface area contributed by atoms with Crippen molar-refractivity contribution in [1.82, 2.24) is 0 Å². The van der Waals surface area contributed by atoms with Gasteiger partial charge in [0.1, 0.15) is 19.8 Å². The molecule has 10 heteroatoms. The maximum atomic E-state index is 12.9. The number of rotatable bonds is 63. The summed E-state index contributed by atoms with van der Waals surface area (Å²) in [6, 6.07) is 0. The van der Waals surface area contributed by atoms with Gasteiger partial charge in [-0.3, -0.25) is 14.2 Å². The lowest BCUT2D eigenvalue weighted by atomic mass is 10.0. The molecule has 0 aromatic rings. The Morgan fingerprint density at radius 3 is 0.909 bits per heavy atom. The molecule has 0 amide bonds. The first-order valence-corrected chi connectivity index (χ1v) is 36.7. The maximum absolute atomic E-state index is 12.9. The summed E-state index contributed by atoms with van der Waals surface area (Å²) in [7, 11) is 1.15. The monoisotopic (exact) mass is 1240 g/mol. The molecule has 0 aromatic heterocycles. The Labute approximate surface area is 541 Å². The summed E-state index contributed by atoms with van der Waals surface area (Å²) >= 11 is 0. The Balaban J connectivity index is 4.11. The van der Waals surface area contributed by atoms with Crippen LogP contribution in [-0.2, 0) is 32.7 Å². The fourth-order valence-corrected chi connectivity index (χ4v) is 9.96. The largest absolute Gasteiger partial charge is 0.756 e. The van der Waals surface area contributed by atoms with E-state index < -0.39 is 26.5 Å². The minimum Gasteiger partial charge on any atom is -0.756 e. The number of hydrogen-bond acceptors (Lipinski definition) is 8. The number of quaternary nitrogens is 1. The zero-order valence-electron chi connectivity index (χ0n) is 56.9. The van der Waals surface area contributed by atoms with E-state index in [0.29, 0.717) is 17.4 Å². The molecule has 88 heavy (non-hydrogen) atoms. The molecule has 0 aliphatic carbocycles. The van der Waals surface area contributed by atoms with Crippen molar-refractivity contribution in [2.24, 2.45) is 0 Å². The lowest BCUT2D eigenvalue weighted by Crippen LogP contribution is -2.37. The molecule has 0 rings (SSSR count). The van der Waals surface area contributed by atoms with E-state index in [4.69, 9.17) is 18.5 Å². The van der Waals surface area contributed by atoms with Crippen LogP contribution in [0.3, 0.4) is 0 Å². The van der Waals surface area contributed by atoms with Gasteiger partial charge in [-0.25, -0.2) is 0 Å². The average Bonchev–Trinajstić information content (AvgIpc) is 3.57. The molecular formula is C78H130NO8P. The number of ether oxygens (including phenoxy) is 2. The Kier molecular flexibility index (Phi) is 63.7. The molecule has 0 spiro atoms. The highest BCUT2D eigenvalue weighted by Crippen LogP contribution is 2.38. The van der Waals surface area contributed by atoms with Crippen LogP contribution in [0.1, 0.15) is 271 Å². The highest BCUT2D eigenvalue weighted by atomic mass is 31.2. The molecule has 0 saturated heterocycles. The van der Waals surface area contributed by atoms with Gasteiger partial charge in [-0.15, -0.1) is 0 Å². The van der Waals surface area contributed by atoms with E-state index in [1.54, 1.807) is 0 Å². The molecule has 2 unspecified atom stereocenters. The maximum Gasteiger partial charge on any atom is 0.306 e. The van der Waals surface area contributed by atoms with E-state index in [1.807, 2.05) is 21.1 Å². The normalized spacial score (nSPS) is 14.1. The lowest BCUT2D eigenvalue weighted by molar-refractivity contribution is -0.870. The van der Waals surface area contributed by atoms with Crippen LogP contribution in [0.25, 0.3) is 0 Å². The molecule has 0 fully saturated rings. The summed E-state index contributed by atoms with van der Waals surface area (Å²) in [5.74, 6) is -0.844. The second-order valence-corrected chi connectivity index (χ2v) is 25.5. The Bertz CT molecular complexity index is 2040. The van der Waals surface area contributed by atoms with E-state index in [1.165, 1.54) is 109 Å². The summed E-state index contributed by atoms with van der Waals surface area (Å²) in [5, 5.41) is 0. The predicted molar refractivity (Wildman–Crippen MR) is 378 cm³/mol. The second-order valence-electron chi connectivity index (χ2n) is 24.1. The van der Waals surface area contributed by atoms with Crippen molar-refractivity contribution < 1.29 is 42.1 Å². The Hall–Kier alpha value is -4.37. The topological polar surface area (TPSA) is 111 Å². The first kappa shape index (κ1) is 83.6. The number of allylic oxidation sites excluding steroid dienone is 26. The van der Waals surface area contributed by atoms with Gasteiger partial charge < -0.3 is 27.9 Å². The highest BCUT2D eigenvalue weighted by Gasteiger charge is 2.22. The van der Waals surface area contributed by atoms with Crippen LogP contribution in [-0.4, -0.2) is 70.0 Å². The molecule has 0 heterocycles. The minimum atomic E-state index is -4.65. The van der Waals surface area contributed by atoms with E-state index in [-0.39, 0.29) is 32.0 Å². The van der Waals surface area contributed by atoms with Gasteiger partial charge in [-0.05, 0) is 122 Å². The van der Waals surface area contributed by atoms with E-state index in [9.17, 15) is 19.0 Å². The molecule has 0 aromatic carbocycles. The third kappa shape index (κ3) is 70.7. The number of carbonyl (C=O) groups is 2. The van der Waals surface area contributed by atoms with Gasteiger partial charge >= 0.3 is 11.9 Å². The number of esters is 2. The van der Waals surface area contributed by atoms with Crippen LogP contribution in [0.2, 0.25) is 0 Å². The summed E-state index contributed by atoms with van der Waals surface area (Å²) in [6.07, 6.45) is 100. The van der Waals surface area contributed by atoms with E-state index in [2.05, 4.69) is 172 Å². The van der Waals surface area contributed by atoms with Gasteiger partial charge in [0.25, 0.3) is 7.82 Å². The van der Waals surface area contributed by atoms with E-state index >= 15 is 0 Å². The van der Waals surface area contributed by atoms with Crippen molar-refractivity contribution in [3.63, 3.8) is 0 Å². The zero-order chi connectivity index (χ0) is 64.1.